The van der Waals surface area contributed by atoms with Crippen molar-refractivity contribution in [2.24, 2.45) is 17.8 Å². The summed E-state index contributed by atoms with van der Waals surface area (Å²) in [6.45, 7) is 4.01. The Morgan fingerprint density at radius 3 is 2.32 bits per heavy atom. The van der Waals surface area contributed by atoms with Gasteiger partial charge in [-0.1, -0.05) is 0 Å². The molecule has 0 spiro atoms. The summed E-state index contributed by atoms with van der Waals surface area (Å²) in [5, 5.41) is 8.92. The van der Waals surface area contributed by atoms with Crippen molar-refractivity contribution in [1.29, 1.82) is 0 Å². The molecule has 4 bridgehead atoms. The molecule has 1 aliphatic heterocycles. The molecule has 5 aliphatic rings. The van der Waals surface area contributed by atoms with Crippen LogP contribution in [0.5, 0.6) is 0 Å². The number of anilines is 2. The van der Waals surface area contributed by atoms with Crippen LogP contribution in [0.2, 0.25) is 0 Å². The van der Waals surface area contributed by atoms with Crippen molar-refractivity contribution < 1.29 is 14.4 Å². The molecule has 0 aromatic heterocycles. The van der Waals surface area contributed by atoms with Crippen LogP contribution in [0.25, 0.3) is 0 Å². The van der Waals surface area contributed by atoms with Crippen LogP contribution in [0.15, 0.2) is 18.2 Å². The fourth-order valence-electron chi connectivity index (χ4n) is 6.89. The monoisotopic (exact) mass is 424 g/mol. The van der Waals surface area contributed by atoms with E-state index in [9.17, 15) is 14.4 Å². The molecule has 7 nitrogen and oxygen atoms in total. The van der Waals surface area contributed by atoms with Gasteiger partial charge in [-0.15, -0.1) is 0 Å². The molecule has 1 aromatic carbocycles. The highest BCUT2D eigenvalue weighted by Crippen LogP contribution is 2.55. The van der Waals surface area contributed by atoms with E-state index in [1.165, 1.54) is 19.3 Å². The smallest absolute Gasteiger partial charge is 0.321 e. The average Bonchev–Trinajstić information content (AvgIpc) is 3.09. The highest BCUT2D eigenvalue weighted by Gasteiger charge is 2.51. The van der Waals surface area contributed by atoms with E-state index in [-0.39, 0.29) is 23.4 Å². The van der Waals surface area contributed by atoms with Crippen LogP contribution in [0.4, 0.5) is 16.2 Å². The van der Waals surface area contributed by atoms with Crippen molar-refractivity contribution in [2.45, 2.75) is 70.4 Å². The molecule has 3 N–H and O–H groups in total. The summed E-state index contributed by atoms with van der Waals surface area (Å²) >= 11 is 0. The second kappa shape index (κ2) is 7.53. The molecule has 4 aliphatic carbocycles. The highest BCUT2D eigenvalue weighted by atomic mass is 16.2. The van der Waals surface area contributed by atoms with Gasteiger partial charge in [-0.05, 0) is 93.4 Å². The number of urea groups is 1. The van der Waals surface area contributed by atoms with Crippen molar-refractivity contribution in [1.82, 2.24) is 10.6 Å². The molecule has 4 fully saturated rings. The predicted molar refractivity (Wildman–Crippen MR) is 119 cm³/mol. The average molecular weight is 425 g/mol. The van der Waals surface area contributed by atoms with Crippen LogP contribution in [-0.4, -0.2) is 36.0 Å². The van der Waals surface area contributed by atoms with E-state index in [2.05, 4.69) is 16.0 Å². The van der Waals surface area contributed by atoms with Crippen LogP contribution in [0.3, 0.4) is 0 Å². The fourth-order valence-corrected chi connectivity index (χ4v) is 6.89. The van der Waals surface area contributed by atoms with Crippen LogP contribution < -0.4 is 20.9 Å². The maximum atomic E-state index is 12.6. The Morgan fingerprint density at radius 1 is 1.06 bits per heavy atom. The molecule has 6 rings (SSSR count). The van der Waals surface area contributed by atoms with Gasteiger partial charge in [-0.3, -0.25) is 14.9 Å². The molecular formula is C24H32N4O3. The van der Waals surface area contributed by atoms with Crippen LogP contribution in [0, 0.1) is 17.8 Å². The molecule has 0 saturated heterocycles. The molecular weight excluding hydrogens is 392 g/mol. The number of benzene rings is 1. The minimum atomic E-state index is -0.550. The number of imide groups is 1. The third-order valence-corrected chi connectivity index (χ3v) is 7.79. The summed E-state index contributed by atoms with van der Waals surface area (Å²) in [5.74, 6) is 1.91. The molecule has 1 atom stereocenters. The lowest BCUT2D eigenvalue weighted by atomic mass is 9.53. The third kappa shape index (κ3) is 3.90. The lowest BCUT2D eigenvalue weighted by Crippen LogP contribution is -2.62. The van der Waals surface area contributed by atoms with Gasteiger partial charge < -0.3 is 15.5 Å². The van der Waals surface area contributed by atoms with E-state index < -0.39 is 6.04 Å². The largest absolute Gasteiger partial charge is 0.374 e. The second-order valence-electron chi connectivity index (χ2n) is 10.3. The Labute approximate surface area is 183 Å². The lowest BCUT2D eigenvalue weighted by Gasteiger charge is -2.56. The number of carbonyl (C=O) groups excluding carboxylic acids is 3. The van der Waals surface area contributed by atoms with Crippen LogP contribution >= 0.6 is 0 Å². The summed E-state index contributed by atoms with van der Waals surface area (Å²) in [6.07, 6.45) is 7.91. The van der Waals surface area contributed by atoms with Gasteiger partial charge in [0, 0.05) is 30.4 Å². The van der Waals surface area contributed by atoms with Gasteiger partial charge in [0.2, 0.25) is 11.8 Å². The minimum Gasteiger partial charge on any atom is -0.374 e. The fraction of sp³-hybridized carbons (Fsp3) is 0.625. The van der Waals surface area contributed by atoms with E-state index in [1.807, 2.05) is 18.2 Å². The Morgan fingerprint density at radius 2 is 1.71 bits per heavy atom. The van der Waals surface area contributed by atoms with Gasteiger partial charge in [0.25, 0.3) is 0 Å². The zero-order valence-corrected chi connectivity index (χ0v) is 18.4. The molecule has 31 heavy (non-hydrogen) atoms. The number of nitrogens with zero attached hydrogens (tertiary/aromatic N) is 1. The van der Waals surface area contributed by atoms with E-state index in [1.54, 1.807) is 18.7 Å². The Balaban J connectivity index is 1.17. The number of rotatable bonds is 4. The van der Waals surface area contributed by atoms with Gasteiger partial charge in [-0.2, -0.15) is 0 Å². The number of carbonyl (C=O) groups is 3. The Bertz CT molecular complexity index is 892. The summed E-state index contributed by atoms with van der Waals surface area (Å²) in [6, 6.07) is 4.85. The van der Waals surface area contributed by atoms with Gasteiger partial charge in [0.05, 0.1) is 0 Å². The summed E-state index contributed by atoms with van der Waals surface area (Å²) < 4.78 is 0. The Hall–Kier alpha value is -2.57. The minimum absolute atomic E-state index is 0.0391. The molecule has 4 saturated carbocycles. The summed E-state index contributed by atoms with van der Waals surface area (Å²) in [7, 11) is 0. The van der Waals surface area contributed by atoms with Crippen molar-refractivity contribution >= 4 is 29.2 Å². The zero-order valence-electron chi connectivity index (χ0n) is 18.4. The first-order chi connectivity index (χ1) is 14.8. The quantitative estimate of drug-likeness (QED) is 0.692. The first-order valence-electron chi connectivity index (χ1n) is 11.6. The standard InChI is InChI=1S/C24H32N4O3/c1-14(25-20-3-4-21-19(10-20)5-6-28(21)15(2)29)22(30)26-23(31)27-24-11-16-7-17(12-24)9-18(8-16)13-24/h3-4,10,14,16-18,25H,5-9,11-13H2,1-2H3,(H2,26,27,30,31). The van der Waals surface area contributed by atoms with Crippen molar-refractivity contribution in [3.05, 3.63) is 23.8 Å². The van der Waals surface area contributed by atoms with Gasteiger partial charge >= 0.3 is 6.03 Å². The maximum absolute atomic E-state index is 12.6. The van der Waals surface area contributed by atoms with E-state index in [0.717, 1.165) is 60.4 Å². The summed E-state index contributed by atoms with van der Waals surface area (Å²) in [5.41, 5.74) is 2.73. The molecule has 4 amide bonds. The molecule has 7 heteroatoms. The molecule has 1 unspecified atom stereocenters. The molecule has 0 radical (unpaired) electrons. The first-order valence-corrected chi connectivity index (χ1v) is 11.6. The number of fused-ring (bicyclic) bond motifs is 1. The normalized spacial score (nSPS) is 31.2. The molecule has 1 aromatic rings. The van der Waals surface area contributed by atoms with E-state index in [0.29, 0.717) is 6.54 Å². The SMILES string of the molecule is CC(=O)N1CCc2cc(NC(C)C(=O)NC(=O)NC34CC5CC(CC(C5)C3)C4)ccc21. The van der Waals surface area contributed by atoms with E-state index in [4.69, 9.17) is 0 Å². The second-order valence-corrected chi connectivity index (χ2v) is 10.3. The van der Waals surface area contributed by atoms with Crippen LogP contribution in [0.1, 0.15) is 57.9 Å². The van der Waals surface area contributed by atoms with Crippen molar-refractivity contribution in [3.63, 3.8) is 0 Å². The van der Waals surface area contributed by atoms with Gasteiger partial charge in [0.1, 0.15) is 6.04 Å². The number of hydrogen-bond donors (Lipinski definition) is 3. The number of nitrogens with one attached hydrogen (secondary N) is 3. The first kappa shape index (κ1) is 20.3. The predicted octanol–water partition coefficient (Wildman–Crippen LogP) is 3.19. The number of amides is 4. The lowest BCUT2D eigenvalue weighted by molar-refractivity contribution is -0.120. The molecule has 1 heterocycles. The van der Waals surface area contributed by atoms with Crippen molar-refractivity contribution in [2.75, 3.05) is 16.8 Å². The van der Waals surface area contributed by atoms with Gasteiger partial charge in [0.15, 0.2) is 0 Å². The van der Waals surface area contributed by atoms with Crippen molar-refractivity contribution in [3.8, 4) is 0 Å². The summed E-state index contributed by atoms with van der Waals surface area (Å²) in [4.78, 5) is 38.8. The molecule has 166 valence electrons. The Kier molecular flexibility index (Phi) is 4.94. The highest BCUT2D eigenvalue weighted by molar-refractivity contribution is 5.98. The number of hydrogen-bond acceptors (Lipinski definition) is 4. The van der Waals surface area contributed by atoms with E-state index >= 15 is 0 Å². The maximum Gasteiger partial charge on any atom is 0.321 e. The topological polar surface area (TPSA) is 90.5 Å². The zero-order chi connectivity index (χ0) is 21.8. The van der Waals surface area contributed by atoms with Gasteiger partial charge in [-0.25, -0.2) is 4.79 Å². The third-order valence-electron chi connectivity index (χ3n) is 7.79. The van der Waals surface area contributed by atoms with Crippen LogP contribution in [-0.2, 0) is 16.0 Å².